The van der Waals surface area contributed by atoms with Crippen molar-refractivity contribution in [2.24, 2.45) is 0 Å². The Hall–Kier alpha value is -5.09. The molecule has 1 aliphatic heterocycles. The van der Waals surface area contributed by atoms with Gasteiger partial charge in [-0.15, -0.1) is 5.06 Å². The molecule has 9 nitrogen and oxygen atoms in total. The van der Waals surface area contributed by atoms with Gasteiger partial charge in [-0.2, -0.15) is 13.3 Å². The van der Waals surface area contributed by atoms with Crippen molar-refractivity contribution in [3.63, 3.8) is 0 Å². The van der Waals surface area contributed by atoms with Crippen LogP contribution in [0.1, 0.15) is 37.7 Å². The molecule has 6 rings (SSSR count). The topological polar surface area (TPSA) is 97.2 Å². The Morgan fingerprint density at radius 2 is 1.51 bits per heavy atom. The van der Waals surface area contributed by atoms with Gasteiger partial charge in [-0.25, -0.2) is 9.36 Å². The van der Waals surface area contributed by atoms with Crippen molar-refractivity contribution in [1.82, 2.24) is 13.8 Å². The molecule has 0 atom stereocenters. The zero-order chi connectivity index (χ0) is 29.6. The molecule has 3 aromatic heterocycles. The van der Waals surface area contributed by atoms with Gasteiger partial charge in [-0.3, -0.25) is 9.59 Å². The summed E-state index contributed by atoms with van der Waals surface area (Å²) in [6.45, 7) is 0.722. The summed E-state index contributed by atoms with van der Waals surface area (Å²) in [5, 5.41) is 0.596. The predicted molar refractivity (Wildman–Crippen MR) is 161 cm³/mol. The lowest BCUT2D eigenvalue weighted by molar-refractivity contribution is -0.697. The highest BCUT2D eigenvalue weighted by molar-refractivity contribution is 7.00. The van der Waals surface area contributed by atoms with Crippen molar-refractivity contribution in [3.05, 3.63) is 97.0 Å². The maximum atomic E-state index is 12.0. The second-order valence-corrected chi connectivity index (χ2v) is 10.7. The minimum Gasteiger partial charge on any atom is -0.330 e. The third-order valence-electron chi connectivity index (χ3n) is 7.22. The Labute approximate surface area is 252 Å². The highest BCUT2D eigenvalue weighted by atomic mass is 32.1. The Balaban J connectivity index is 1.15. The monoisotopic (exact) mass is 591 g/mol. The summed E-state index contributed by atoms with van der Waals surface area (Å²) >= 11 is 1.22. The highest BCUT2D eigenvalue weighted by Crippen LogP contribution is 2.31. The molecule has 1 saturated heterocycles. The van der Waals surface area contributed by atoms with Crippen LogP contribution in [0.2, 0.25) is 0 Å². The molecule has 0 radical (unpaired) electrons. The Morgan fingerprint density at radius 3 is 2.21 bits per heavy atom. The average molecular weight is 592 g/mol. The van der Waals surface area contributed by atoms with Crippen molar-refractivity contribution < 1.29 is 28.4 Å². The summed E-state index contributed by atoms with van der Waals surface area (Å²) in [7, 11) is 0. The van der Waals surface area contributed by atoms with Crippen LogP contribution in [0.25, 0.3) is 45.7 Å². The number of aromatic nitrogens is 4. The van der Waals surface area contributed by atoms with E-state index in [4.69, 9.17) is 9.21 Å². The summed E-state index contributed by atoms with van der Waals surface area (Å²) in [6, 6.07) is 24.5. The van der Waals surface area contributed by atoms with Gasteiger partial charge in [-0.1, -0.05) is 48.5 Å². The van der Waals surface area contributed by atoms with Crippen molar-refractivity contribution in [2.75, 3.05) is 0 Å². The lowest BCUT2D eigenvalue weighted by Gasteiger charge is -2.12. The normalized spacial score (nSPS) is 13.3. The van der Waals surface area contributed by atoms with Crippen LogP contribution in [-0.2, 0) is 25.8 Å². The number of carbonyl (C=O) groups is 3. The molecule has 1 aliphatic rings. The van der Waals surface area contributed by atoms with E-state index in [2.05, 4.69) is 56.2 Å². The third kappa shape index (κ3) is 6.39. The number of hydrogen-bond donors (Lipinski definition) is 0. The zero-order valence-electron chi connectivity index (χ0n) is 23.3. The molecule has 43 heavy (non-hydrogen) atoms. The van der Waals surface area contributed by atoms with E-state index in [1.807, 2.05) is 60.9 Å². The van der Waals surface area contributed by atoms with Crippen LogP contribution < -0.4 is 9.13 Å². The second kappa shape index (κ2) is 12.8. The molecule has 0 aliphatic carbocycles. The van der Waals surface area contributed by atoms with E-state index in [0.717, 1.165) is 51.9 Å². The lowest BCUT2D eigenvalue weighted by atomic mass is 10.0. The number of hydroxylamine groups is 2. The predicted octanol–water partition coefficient (Wildman–Crippen LogP) is 5.01. The van der Waals surface area contributed by atoms with Crippen molar-refractivity contribution in [2.45, 2.75) is 38.6 Å². The Kier molecular flexibility index (Phi) is 8.37. The van der Waals surface area contributed by atoms with Crippen molar-refractivity contribution >= 4 is 52.8 Å². The number of nitrogens with zero attached hydrogens (tertiary/aromatic N) is 5. The maximum absolute atomic E-state index is 12.0. The van der Waals surface area contributed by atoms with Gasteiger partial charge in [0.05, 0.1) is 17.3 Å². The maximum Gasteiger partial charge on any atom is 0.333 e. The number of imide groups is 1. The van der Waals surface area contributed by atoms with E-state index in [0.29, 0.717) is 11.5 Å². The number of rotatable bonds is 10. The number of benzene rings is 2. The highest BCUT2D eigenvalue weighted by Gasteiger charge is 2.32. The van der Waals surface area contributed by atoms with Gasteiger partial charge >= 0.3 is 5.97 Å². The molecular weight excluding hydrogens is 562 g/mol. The molecule has 10 heteroatoms. The largest absolute Gasteiger partial charge is 0.333 e. The Morgan fingerprint density at radius 1 is 0.860 bits per heavy atom. The standard InChI is InChI=1S/C33H29N5O4S/c39-28-14-15-29(40)38(28)42-30(41)13-7-8-19-36-20-16-24(17-21-36)18-22-37-23-27(25-9-3-1-4-10-25)31-32(35-43-34-31)33(37)26-11-5-2-6-12-26/h1-6,9-12,16-18,20-23H,7-8,13-15,19H2/q+2. The van der Waals surface area contributed by atoms with Gasteiger partial charge in [0.1, 0.15) is 12.1 Å². The molecule has 0 spiro atoms. The van der Waals surface area contributed by atoms with Gasteiger partial charge in [-0.05, 0) is 29.7 Å². The number of pyridine rings is 2. The zero-order valence-corrected chi connectivity index (χ0v) is 24.2. The van der Waals surface area contributed by atoms with Gasteiger partial charge in [0.15, 0.2) is 30.3 Å². The van der Waals surface area contributed by atoms with E-state index in [9.17, 15) is 14.4 Å². The molecule has 0 bridgehead atoms. The summed E-state index contributed by atoms with van der Waals surface area (Å²) in [4.78, 5) is 40.1. The van der Waals surface area contributed by atoms with Crippen LogP contribution in [-0.4, -0.2) is 31.6 Å². The summed E-state index contributed by atoms with van der Waals surface area (Å²) < 4.78 is 13.5. The SMILES string of the molecule is O=C(CCCC[n+]1ccc(C=C[n+]2cc(-c3ccccc3)c3nsnc3c2-c2ccccc2)cc1)ON1C(=O)CCC1=O. The van der Waals surface area contributed by atoms with Crippen molar-refractivity contribution in [3.8, 4) is 22.4 Å². The van der Waals surface area contributed by atoms with Crippen LogP contribution in [0.5, 0.6) is 0 Å². The van der Waals surface area contributed by atoms with E-state index < -0.39 is 17.8 Å². The smallest absolute Gasteiger partial charge is 0.330 e. The fourth-order valence-electron chi connectivity index (χ4n) is 5.00. The average Bonchev–Trinajstić information content (AvgIpc) is 3.65. The molecule has 4 heterocycles. The molecular formula is C33H29N5O4S+2. The molecule has 0 N–H and O–H groups in total. The fourth-order valence-corrected chi connectivity index (χ4v) is 5.56. The molecule has 214 valence electrons. The number of aryl methyl sites for hydroxylation is 1. The van der Waals surface area contributed by atoms with Crippen LogP contribution in [0.4, 0.5) is 0 Å². The van der Waals surface area contributed by atoms with Crippen LogP contribution in [0.15, 0.2) is 91.4 Å². The van der Waals surface area contributed by atoms with Crippen LogP contribution in [0.3, 0.4) is 0 Å². The van der Waals surface area contributed by atoms with E-state index in [-0.39, 0.29) is 19.3 Å². The summed E-state index contributed by atoms with van der Waals surface area (Å²) in [5.41, 5.74) is 6.89. The van der Waals surface area contributed by atoms with Crippen molar-refractivity contribution in [1.29, 1.82) is 0 Å². The van der Waals surface area contributed by atoms with Crippen LogP contribution >= 0.6 is 11.7 Å². The first-order chi connectivity index (χ1) is 21.1. The molecule has 5 aromatic rings. The molecule has 2 aromatic carbocycles. The molecule has 0 unspecified atom stereocenters. The number of carbonyl (C=O) groups excluding carboxylic acids is 3. The first-order valence-corrected chi connectivity index (χ1v) is 14.8. The number of hydrogen-bond acceptors (Lipinski definition) is 7. The summed E-state index contributed by atoms with van der Waals surface area (Å²) in [6.07, 6.45) is 11.9. The summed E-state index contributed by atoms with van der Waals surface area (Å²) in [5.74, 6) is -1.49. The first kappa shape index (κ1) is 28.0. The third-order valence-corrected chi connectivity index (χ3v) is 7.75. The number of amides is 2. The molecule has 0 saturated carbocycles. The number of fused-ring (bicyclic) bond motifs is 1. The molecule has 2 amide bonds. The quantitative estimate of drug-likeness (QED) is 0.129. The Bertz CT molecular complexity index is 1790. The minimum atomic E-state index is -0.566. The minimum absolute atomic E-state index is 0.0913. The van der Waals surface area contributed by atoms with Gasteiger partial charge in [0, 0.05) is 49.5 Å². The van der Waals surface area contributed by atoms with E-state index in [1.165, 1.54) is 11.7 Å². The van der Waals surface area contributed by atoms with Gasteiger partial charge in [0.25, 0.3) is 11.8 Å². The second-order valence-electron chi connectivity index (χ2n) is 10.2. The number of unbranched alkanes of at least 4 members (excludes halogenated alkanes) is 1. The van der Waals surface area contributed by atoms with Gasteiger partial charge < -0.3 is 4.84 Å². The van der Waals surface area contributed by atoms with Crippen LogP contribution in [0, 0.1) is 0 Å². The first-order valence-electron chi connectivity index (χ1n) is 14.1. The van der Waals surface area contributed by atoms with E-state index >= 15 is 0 Å². The lowest BCUT2D eigenvalue weighted by Crippen LogP contribution is -2.33. The van der Waals surface area contributed by atoms with Gasteiger partial charge in [0.2, 0.25) is 5.69 Å². The molecule has 1 fully saturated rings. The fraction of sp³-hybridized carbons (Fsp3) is 0.182. The van der Waals surface area contributed by atoms with E-state index in [1.54, 1.807) is 0 Å².